The van der Waals surface area contributed by atoms with Gasteiger partial charge in [0.25, 0.3) is 0 Å². The van der Waals surface area contributed by atoms with Crippen molar-refractivity contribution in [1.82, 2.24) is 5.32 Å². The van der Waals surface area contributed by atoms with Crippen LogP contribution >= 0.6 is 15.9 Å². The summed E-state index contributed by atoms with van der Waals surface area (Å²) in [6.45, 7) is 5.80. The smallest absolute Gasteiger partial charge is 0.228 e. The summed E-state index contributed by atoms with van der Waals surface area (Å²) in [6, 6.07) is 3.99. The van der Waals surface area contributed by atoms with Crippen LogP contribution in [0.25, 0.3) is 0 Å². The number of halogens is 1. The maximum absolute atomic E-state index is 12.0. The van der Waals surface area contributed by atoms with E-state index in [2.05, 4.69) is 26.6 Å². The third-order valence-corrected chi connectivity index (χ3v) is 4.39. The minimum atomic E-state index is 0.110. The molecule has 1 atom stereocenters. The number of carbonyl (C=O) groups excluding carboxylic acids is 1. The van der Waals surface area contributed by atoms with Gasteiger partial charge in [-0.05, 0) is 50.1 Å². The van der Waals surface area contributed by atoms with Gasteiger partial charge in [0, 0.05) is 16.7 Å². The number of benzene rings is 1. The highest BCUT2D eigenvalue weighted by Gasteiger charge is 2.22. The number of carbonyl (C=O) groups is 1. The summed E-state index contributed by atoms with van der Waals surface area (Å²) in [5.41, 5.74) is 3.18. The molecule has 1 heterocycles. The van der Waals surface area contributed by atoms with E-state index < -0.39 is 0 Å². The molecule has 1 aliphatic rings. The largest absolute Gasteiger partial charge is 0.326 e. The summed E-state index contributed by atoms with van der Waals surface area (Å²) < 4.78 is 1.11. The number of nitrogens with one attached hydrogen (secondary N) is 2. The first-order valence-electron chi connectivity index (χ1n) is 5.86. The van der Waals surface area contributed by atoms with Crippen molar-refractivity contribution in [2.75, 3.05) is 18.4 Å². The van der Waals surface area contributed by atoms with Crippen molar-refractivity contribution in [2.24, 2.45) is 5.92 Å². The van der Waals surface area contributed by atoms with Gasteiger partial charge in [-0.3, -0.25) is 4.79 Å². The first-order valence-corrected chi connectivity index (χ1v) is 6.65. The van der Waals surface area contributed by atoms with Crippen LogP contribution in [0.1, 0.15) is 17.5 Å². The van der Waals surface area contributed by atoms with Crippen LogP contribution in [0.5, 0.6) is 0 Å². The van der Waals surface area contributed by atoms with Crippen LogP contribution in [0.15, 0.2) is 16.6 Å². The second-order valence-electron chi connectivity index (χ2n) is 4.60. The van der Waals surface area contributed by atoms with Crippen LogP contribution in [-0.2, 0) is 4.79 Å². The fourth-order valence-corrected chi connectivity index (χ4v) is 2.37. The standard InChI is InChI=1S/C13H17BrN2O/c1-8-5-11(6-9(2)12(8)14)16-13(17)10-3-4-15-7-10/h5-6,10,15H,3-4,7H2,1-2H3,(H,16,17). The van der Waals surface area contributed by atoms with Gasteiger partial charge in [0.1, 0.15) is 0 Å². The molecule has 2 N–H and O–H groups in total. The molecule has 0 radical (unpaired) electrons. The second kappa shape index (κ2) is 5.19. The lowest BCUT2D eigenvalue weighted by molar-refractivity contribution is -0.119. The zero-order valence-corrected chi connectivity index (χ0v) is 11.7. The fraction of sp³-hybridized carbons (Fsp3) is 0.462. The SMILES string of the molecule is Cc1cc(NC(=O)C2CCNC2)cc(C)c1Br. The predicted octanol–water partition coefficient (Wildman–Crippen LogP) is 2.61. The van der Waals surface area contributed by atoms with Crippen molar-refractivity contribution >= 4 is 27.5 Å². The molecule has 1 aromatic rings. The minimum absolute atomic E-state index is 0.110. The summed E-state index contributed by atoms with van der Waals surface area (Å²) >= 11 is 3.52. The molecule has 1 aromatic carbocycles. The van der Waals surface area contributed by atoms with E-state index in [4.69, 9.17) is 0 Å². The summed E-state index contributed by atoms with van der Waals surface area (Å²) in [4.78, 5) is 12.0. The first kappa shape index (κ1) is 12.6. The Hall–Kier alpha value is -0.870. The van der Waals surface area contributed by atoms with E-state index in [1.807, 2.05) is 26.0 Å². The van der Waals surface area contributed by atoms with E-state index in [0.29, 0.717) is 0 Å². The fourth-order valence-electron chi connectivity index (χ4n) is 2.14. The topological polar surface area (TPSA) is 41.1 Å². The summed E-state index contributed by atoms with van der Waals surface area (Å²) in [5, 5.41) is 6.20. The lowest BCUT2D eigenvalue weighted by Gasteiger charge is -2.12. The Morgan fingerprint density at radius 1 is 1.41 bits per heavy atom. The van der Waals surface area contributed by atoms with Crippen LogP contribution in [0.2, 0.25) is 0 Å². The van der Waals surface area contributed by atoms with Gasteiger partial charge in [-0.2, -0.15) is 0 Å². The average molecular weight is 297 g/mol. The maximum atomic E-state index is 12.0. The zero-order valence-electron chi connectivity index (χ0n) is 10.1. The molecular weight excluding hydrogens is 280 g/mol. The summed E-state index contributed by atoms with van der Waals surface area (Å²) in [6.07, 6.45) is 0.931. The van der Waals surface area contributed by atoms with Gasteiger partial charge < -0.3 is 10.6 Å². The quantitative estimate of drug-likeness (QED) is 0.881. The molecular formula is C13H17BrN2O. The highest BCUT2D eigenvalue weighted by atomic mass is 79.9. The number of hydrogen-bond donors (Lipinski definition) is 2. The Kier molecular flexibility index (Phi) is 3.84. The van der Waals surface area contributed by atoms with Crippen molar-refractivity contribution in [1.29, 1.82) is 0 Å². The molecule has 1 aliphatic heterocycles. The van der Waals surface area contributed by atoms with Gasteiger partial charge in [-0.1, -0.05) is 15.9 Å². The van der Waals surface area contributed by atoms with E-state index in [1.54, 1.807) is 0 Å². The number of amides is 1. The lowest BCUT2D eigenvalue weighted by Crippen LogP contribution is -2.24. The molecule has 17 heavy (non-hydrogen) atoms. The van der Waals surface area contributed by atoms with Crippen molar-refractivity contribution in [2.45, 2.75) is 20.3 Å². The van der Waals surface area contributed by atoms with Gasteiger partial charge in [0.2, 0.25) is 5.91 Å². The Morgan fingerprint density at radius 3 is 2.59 bits per heavy atom. The third-order valence-electron chi connectivity index (χ3n) is 3.14. The summed E-state index contributed by atoms with van der Waals surface area (Å²) in [5.74, 6) is 0.232. The molecule has 0 bridgehead atoms. The zero-order chi connectivity index (χ0) is 12.4. The van der Waals surface area contributed by atoms with Crippen molar-refractivity contribution < 1.29 is 4.79 Å². The van der Waals surface area contributed by atoms with Crippen molar-refractivity contribution in [3.05, 3.63) is 27.7 Å². The molecule has 0 saturated carbocycles. The monoisotopic (exact) mass is 296 g/mol. The van der Waals surface area contributed by atoms with Gasteiger partial charge in [0.15, 0.2) is 0 Å². The van der Waals surface area contributed by atoms with E-state index >= 15 is 0 Å². The van der Waals surface area contributed by atoms with E-state index in [9.17, 15) is 4.79 Å². The Morgan fingerprint density at radius 2 is 2.06 bits per heavy atom. The Balaban J connectivity index is 2.10. The average Bonchev–Trinajstić information content (AvgIpc) is 2.79. The van der Waals surface area contributed by atoms with Gasteiger partial charge in [-0.15, -0.1) is 0 Å². The van der Waals surface area contributed by atoms with E-state index in [0.717, 1.165) is 40.8 Å². The molecule has 0 aliphatic carbocycles. The van der Waals surface area contributed by atoms with Crippen LogP contribution < -0.4 is 10.6 Å². The summed E-state index contributed by atoms with van der Waals surface area (Å²) in [7, 11) is 0. The van der Waals surface area contributed by atoms with E-state index in [-0.39, 0.29) is 11.8 Å². The number of rotatable bonds is 2. The molecule has 1 amide bonds. The molecule has 1 fully saturated rings. The second-order valence-corrected chi connectivity index (χ2v) is 5.40. The van der Waals surface area contributed by atoms with Crippen LogP contribution in [-0.4, -0.2) is 19.0 Å². The molecule has 0 aromatic heterocycles. The van der Waals surface area contributed by atoms with Crippen LogP contribution in [0, 0.1) is 19.8 Å². The molecule has 3 nitrogen and oxygen atoms in total. The normalized spacial score (nSPS) is 19.4. The van der Waals surface area contributed by atoms with Crippen molar-refractivity contribution in [3.63, 3.8) is 0 Å². The maximum Gasteiger partial charge on any atom is 0.228 e. The van der Waals surface area contributed by atoms with Crippen LogP contribution in [0.3, 0.4) is 0 Å². The highest BCUT2D eigenvalue weighted by Crippen LogP contribution is 2.25. The van der Waals surface area contributed by atoms with Gasteiger partial charge >= 0.3 is 0 Å². The van der Waals surface area contributed by atoms with Gasteiger partial charge in [0.05, 0.1) is 5.92 Å². The van der Waals surface area contributed by atoms with E-state index in [1.165, 1.54) is 0 Å². The molecule has 1 saturated heterocycles. The highest BCUT2D eigenvalue weighted by molar-refractivity contribution is 9.10. The number of aryl methyl sites for hydroxylation is 2. The molecule has 2 rings (SSSR count). The molecule has 1 unspecified atom stereocenters. The molecule has 92 valence electrons. The van der Waals surface area contributed by atoms with Gasteiger partial charge in [-0.25, -0.2) is 0 Å². The lowest BCUT2D eigenvalue weighted by atomic mass is 10.1. The first-order chi connectivity index (χ1) is 8.08. The molecule has 0 spiro atoms. The third kappa shape index (κ3) is 2.87. The minimum Gasteiger partial charge on any atom is -0.326 e. The Labute approximate surface area is 110 Å². The predicted molar refractivity (Wildman–Crippen MR) is 73.2 cm³/mol. The number of anilines is 1. The Bertz CT molecular complexity index is 416. The van der Waals surface area contributed by atoms with Crippen molar-refractivity contribution in [3.8, 4) is 0 Å². The number of hydrogen-bond acceptors (Lipinski definition) is 2. The molecule has 4 heteroatoms. The van der Waals surface area contributed by atoms with Crippen LogP contribution in [0.4, 0.5) is 5.69 Å².